The highest BCUT2D eigenvalue weighted by molar-refractivity contribution is 5.47. The minimum atomic E-state index is 0.914. The second-order valence-corrected chi connectivity index (χ2v) is 3.25. The van der Waals surface area contributed by atoms with Crippen molar-refractivity contribution >= 4 is 5.82 Å². The molecule has 0 N–H and O–H groups in total. The first-order valence-corrected chi connectivity index (χ1v) is 4.73. The number of anilines is 1. The van der Waals surface area contributed by atoms with Gasteiger partial charge in [-0.3, -0.25) is 4.90 Å². The van der Waals surface area contributed by atoms with Crippen molar-refractivity contribution in [3.05, 3.63) is 43.0 Å². The van der Waals surface area contributed by atoms with E-state index in [-0.39, 0.29) is 0 Å². The predicted molar refractivity (Wildman–Crippen MR) is 56.2 cm³/mol. The lowest BCUT2D eigenvalue weighted by Gasteiger charge is -2.16. The van der Waals surface area contributed by atoms with Gasteiger partial charge in [0, 0.05) is 25.1 Å². The Morgan fingerprint density at radius 2 is 2.29 bits per heavy atom. The lowest BCUT2D eigenvalue weighted by Crippen LogP contribution is -2.19. The largest absolute Gasteiger partial charge is 0.346 e. The van der Waals surface area contributed by atoms with Crippen molar-refractivity contribution in [3.8, 4) is 0 Å². The summed E-state index contributed by atoms with van der Waals surface area (Å²) in [5, 5.41) is 0. The highest BCUT2D eigenvalue weighted by Gasteiger charge is 2.15. The summed E-state index contributed by atoms with van der Waals surface area (Å²) in [5.74, 6) is 0.914. The van der Waals surface area contributed by atoms with E-state index in [1.807, 2.05) is 40.5 Å². The van der Waals surface area contributed by atoms with Crippen molar-refractivity contribution in [1.29, 1.82) is 0 Å². The zero-order valence-electron chi connectivity index (χ0n) is 8.44. The van der Waals surface area contributed by atoms with Gasteiger partial charge in [0.15, 0.2) is 0 Å². The van der Waals surface area contributed by atoms with Crippen LogP contribution in [0.15, 0.2) is 30.7 Å². The van der Waals surface area contributed by atoms with Crippen LogP contribution in [-0.2, 0) is 0 Å². The number of hydrogen-bond donors (Lipinski definition) is 0. The Kier molecular flexibility index (Phi) is 2.39. The van der Waals surface area contributed by atoms with Crippen LogP contribution in [0.1, 0.15) is 12.5 Å². The molecular weight excluding hydrogens is 174 g/mol. The van der Waals surface area contributed by atoms with Gasteiger partial charge in [0.1, 0.15) is 5.82 Å². The van der Waals surface area contributed by atoms with Crippen LogP contribution in [0.4, 0.5) is 5.82 Å². The Hall–Kier alpha value is -1.51. The number of hydrogen-bond acceptors (Lipinski definition) is 3. The highest BCUT2D eigenvalue weighted by Crippen LogP contribution is 2.19. The molecular formula is C11H13N3. The fourth-order valence-corrected chi connectivity index (χ4v) is 1.31. The van der Waals surface area contributed by atoms with E-state index < -0.39 is 0 Å². The van der Waals surface area contributed by atoms with Gasteiger partial charge in [0.25, 0.3) is 0 Å². The SMILES string of the molecule is CCN1[C]N(c2cc(C)ccn2)C=C1. The first-order valence-electron chi connectivity index (χ1n) is 4.73. The second-order valence-electron chi connectivity index (χ2n) is 3.25. The van der Waals surface area contributed by atoms with Crippen LogP contribution in [0.3, 0.4) is 0 Å². The number of rotatable bonds is 2. The molecule has 0 aliphatic carbocycles. The van der Waals surface area contributed by atoms with E-state index >= 15 is 0 Å². The van der Waals surface area contributed by atoms with E-state index in [4.69, 9.17) is 0 Å². The van der Waals surface area contributed by atoms with Crippen molar-refractivity contribution in [2.75, 3.05) is 11.4 Å². The van der Waals surface area contributed by atoms with Crippen molar-refractivity contribution in [1.82, 2.24) is 9.88 Å². The Labute approximate surface area is 84.7 Å². The standard InChI is InChI=1S/C11H13N3/c1-3-13-6-7-14(9-13)11-8-10(2)4-5-12-11/h4-8H,3H2,1-2H3. The van der Waals surface area contributed by atoms with Gasteiger partial charge in [0.2, 0.25) is 6.67 Å². The van der Waals surface area contributed by atoms with Crippen LogP contribution in [0.25, 0.3) is 0 Å². The van der Waals surface area contributed by atoms with Crippen LogP contribution in [-0.4, -0.2) is 16.4 Å². The molecule has 0 atom stereocenters. The van der Waals surface area contributed by atoms with Gasteiger partial charge in [-0.05, 0) is 31.5 Å². The molecule has 2 heterocycles. The molecule has 0 fully saturated rings. The monoisotopic (exact) mass is 187 g/mol. The maximum Gasteiger partial charge on any atom is 0.214 e. The molecule has 1 aliphatic rings. The molecule has 0 saturated carbocycles. The third-order valence-corrected chi connectivity index (χ3v) is 2.12. The molecule has 2 radical (unpaired) electrons. The van der Waals surface area contributed by atoms with Crippen LogP contribution < -0.4 is 4.90 Å². The van der Waals surface area contributed by atoms with Gasteiger partial charge >= 0.3 is 0 Å². The quantitative estimate of drug-likeness (QED) is 0.706. The first kappa shape index (κ1) is 9.06. The van der Waals surface area contributed by atoms with Crippen LogP contribution in [0.2, 0.25) is 0 Å². The van der Waals surface area contributed by atoms with Crippen molar-refractivity contribution in [2.45, 2.75) is 13.8 Å². The number of nitrogens with zero attached hydrogens (tertiary/aromatic N) is 3. The number of aryl methyl sites for hydroxylation is 1. The molecule has 14 heavy (non-hydrogen) atoms. The summed E-state index contributed by atoms with van der Waals surface area (Å²) in [6, 6.07) is 4.03. The fraction of sp³-hybridized carbons (Fsp3) is 0.273. The second kappa shape index (κ2) is 3.70. The summed E-state index contributed by atoms with van der Waals surface area (Å²) >= 11 is 0. The summed E-state index contributed by atoms with van der Waals surface area (Å²) in [6.45, 7) is 8.25. The summed E-state index contributed by atoms with van der Waals surface area (Å²) in [4.78, 5) is 8.17. The Bertz CT molecular complexity index is 346. The van der Waals surface area contributed by atoms with Gasteiger partial charge in [-0.15, -0.1) is 0 Å². The van der Waals surface area contributed by atoms with Gasteiger partial charge in [-0.1, -0.05) is 0 Å². The summed E-state index contributed by atoms with van der Waals surface area (Å²) < 4.78 is 0. The lowest BCUT2D eigenvalue weighted by molar-refractivity contribution is 0.495. The third-order valence-electron chi connectivity index (χ3n) is 2.12. The number of aromatic nitrogens is 1. The molecule has 0 unspecified atom stereocenters. The number of pyridine rings is 1. The van der Waals surface area contributed by atoms with E-state index in [1.165, 1.54) is 5.56 Å². The Morgan fingerprint density at radius 3 is 2.93 bits per heavy atom. The van der Waals surface area contributed by atoms with Gasteiger partial charge < -0.3 is 4.90 Å². The third kappa shape index (κ3) is 1.71. The smallest absolute Gasteiger partial charge is 0.214 e. The zero-order valence-corrected chi connectivity index (χ0v) is 8.44. The van der Waals surface area contributed by atoms with Crippen LogP contribution in [0, 0.1) is 13.6 Å². The molecule has 3 heteroatoms. The molecule has 3 nitrogen and oxygen atoms in total. The zero-order chi connectivity index (χ0) is 9.97. The minimum Gasteiger partial charge on any atom is -0.346 e. The molecule has 0 bridgehead atoms. The normalized spacial score (nSPS) is 15.3. The molecule has 0 spiro atoms. The van der Waals surface area contributed by atoms with E-state index in [2.05, 4.69) is 25.5 Å². The minimum absolute atomic E-state index is 0.914. The van der Waals surface area contributed by atoms with E-state index in [0.717, 1.165) is 12.4 Å². The van der Waals surface area contributed by atoms with E-state index in [1.54, 1.807) is 0 Å². The predicted octanol–water partition coefficient (Wildman–Crippen LogP) is 2.00. The molecule has 0 aromatic carbocycles. The lowest BCUT2D eigenvalue weighted by atomic mass is 10.3. The van der Waals surface area contributed by atoms with Gasteiger partial charge in [-0.2, -0.15) is 0 Å². The highest BCUT2D eigenvalue weighted by atomic mass is 15.4. The molecule has 1 aromatic heterocycles. The average Bonchev–Trinajstić information content (AvgIpc) is 2.66. The molecule has 0 amide bonds. The summed E-state index contributed by atoms with van der Waals surface area (Å²) in [5.41, 5.74) is 1.21. The molecule has 72 valence electrons. The van der Waals surface area contributed by atoms with Crippen LogP contribution in [0.5, 0.6) is 0 Å². The molecule has 1 aliphatic heterocycles. The maximum atomic E-state index is 4.28. The average molecular weight is 187 g/mol. The summed E-state index contributed by atoms with van der Waals surface area (Å²) in [6.07, 6.45) is 5.77. The van der Waals surface area contributed by atoms with Crippen LogP contribution >= 0.6 is 0 Å². The van der Waals surface area contributed by atoms with Gasteiger partial charge in [-0.25, -0.2) is 4.98 Å². The fourth-order valence-electron chi connectivity index (χ4n) is 1.31. The van der Waals surface area contributed by atoms with E-state index in [9.17, 15) is 0 Å². The first-order chi connectivity index (χ1) is 6.79. The topological polar surface area (TPSA) is 19.4 Å². The van der Waals surface area contributed by atoms with E-state index in [0.29, 0.717) is 0 Å². The molecule has 2 rings (SSSR count). The van der Waals surface area contributed by atoms with Gasteiger partial charge in [0.05, 0.1) is 0 Å². The molecule has 0 saturated heterocycles. The maximum absolute atomic E-state index is 4.28. The molecule has 1 aromatic rings. The van der Waals surface area contributed by atoms with Crippen molar-refractivity contribution in [2.24, 2.45) is 0 Å². The van der Waals surface area contributed by atoms with Crippen molar-refractivity contribution in [3.63, 3.8) is 0 Å². The summed E-state index contributed by atoms with van der Waals surface area (Å²) in [7, 11) is 0. The van der Waals surface area contributed by atoms with Crippen molar-refractivity contribution < 1.29 is 0 Å². The Morgan fingerprint density at radius 1 is 1.43 bits per heavy atom. The Balaban J connectivity index is 2.14.